The Labute approximate surface area is 212 Å². The van der Waals surface area contributed by atoms with Crippen LogP contribution in [0.4, 0.5) is 0 Å². The molecule has 0 saturated carbocycles. The van der Waals surface area contributed by atoms with E-state index < -0.39 is 0 Å². The van der Waals surface area contributed by atoms with Gasteiger partial charge >= 0.3 is 5.69 Å². The van der Waals surface area contributed by atoms with Gasteiger partial charge in [0.05, 0.1) is 6.54 Å². The van der Waals surface area contributed by atoms with Crippen molar-refractivity contribution in [2.75, 3.05) is 0 Å². The molecule has 4 aromatic rings. The molecule has 0 saturated heterocycles. The smallest absolute Gasteiger partial charge is 0.274 e. The van der Waals surface area contributed by atoms with Crippen LogP contribution in [0.2, 0.25) is 0 Å². The van der Waals surface area contributed by atoms with Gasteiger partial charge in [0.25, 0.3) is 0 Å². The van der Waals surface area contributed by atoms with E-state index in [0.29, 0.717) is 24.8 Å². The summed E-state index contributed by atoms with van der Waals surface area (Å²) in [5, 5.41) is 19.1. The van der Waals surface area contributed by atoms with Crippen LogP contribution in [-0.4, -0.2) is 35.0 Å². The van der Waals surface area contributed by atoms with Gasteiger partial charge in [0, 0.05) is 18.5 Å². The predicted molar refractivity (Wildman–Crippen MR) is 143 cm³/mol. The Hall–Kier alpha value is -3.55. The van der Waals surface area contributed by atoms with E-state index in [4.69, 9.17) is 5.10 Å². The van der Waals surface area contributed by atoms with Crippen LogP contribution in [-0.2, 0) is 19.5 Å². The fourth-order valence-electron chi connectivity index (χ4n) is 4.45. The van der Waals surface area contributed by atoms with Crippen molar-refractivity contribution < 1.29 is 0 Å². The van der Waals surface area contributed by atoms with E-state index in [9.17, 15) is 4.79 Å². The third-order valence-electron chi connectivity index (χ3n) is 6.55. The fraction of sp³-hybridized carbons (Fsp3) is 0.464. The maximum absolute atomic E-state index is 13.3. The number of hydrogen-bond donors (Lipinski definition) is 1. The molecule has 0 aliphatic rings. The van der Waals surface area contributed by atoms with Gasteiger partial charge in [-0.05, 0) is 45.9 Å². The number of aromatic nitrogens is 7. The lowest BCUT2D eigenvalue weighted by atomic mass is 9.98. The maximum atomic E-state index is 13.3. The zero-order chi connectivity index (χ0) is 25.3. The van der Waals surface area contributed by atoms with Gasteiger partial charge in [0.1, 0.15) is 5.82 Å². The first-order valence-corrected chi connectivity index (χ1v) is 13.2. The number of hydrogen-bond acceptors (Lipinski definition) is 5. The second kappa shape index (κ2) is 12.4. The Morgan fingerprint density at radius 3 is 2.39 bits per heavy atom. The van der Waals surface area contributed by atoms with E-state index >= 15 is 0 Å². The summed E-state index contributed by atoms with van der Waals surface area (Å²) in [4.78, 5) is 13.3. The van der Waals surface area contributed by atoms with Crippen molar-refractivity contribution in [2.24, 2.45) is 5.92 Å². The number of nitrogens with zero attached hydrogens (tertiary/aromatic N) is 6. The highest BCUT2D eigenvalue weighted by Gasteiger charge is 2.15. The molecule has 8 heteroatoms. The van der Waals surface area contributed by atoms with Crippen molar-refractivity contribution in [2.45, 2.75) is 78.8 Å². The quantitative estimate of drug-likeness (QED) is 0.251. The third kappa shape index (κ3) is 6.36. The average Bonchev–Trinajstić information content (AvgIpc) is 3.52. The van der Waals surface area contributed by atoms with Gasteiger partial charge in [-0.1, -0.05) is 95.0 Å². The minimum absolute atomic E-state index is 0.00325. The zero-order valence-corrected chi connectivity index (χ0v) is 21.7. The molecule has 0 radical (unpaired) electrons. The lowest BCUT2D eigenvalue weighted by Gasteiger charge is -2.10. The van der Waals surface area contributed by atoms with E-state index in [1.54, 1.807) is 4.68 Å². The Kier molecular flexibility index (Phi) is 8.81. The summed E-state index contributed by atoms with van der Waals surface area (Å²) < 4.78 is 3.54. The molecule has 4 rings (SSSR count). The van der Waals surface area contributed by atoms with Crippen molar-refractivity contribution in [3.05, 3.63) is 70.4 Å². The molecule has 190 valence electrons. The van der Waals surface area contributed by atoms with Crippen molar-refractivity contribution in [3.8, 4) is 22.5 Å². The Morgan fingerprint density at radius 1 is 0.944 bits per heavy atom. The van der Waals surface area contributed by atoms with Gasteiger partial charge in [-0.25, -0.2) is 14.6 Å². The molecular formula is C28H37N7O. The Balaban J connectivity index is 1.54. The van der Waals surface area contributed by atoms with Gasteiger partial charge < -0.3 is 0 Å². The monoisotopic (exact) mass is 487 g/mol. The molecule has 0 aliphatic carbocycles. The minimum Gasteiger partial charge on any atom is -0.274 e. The lowest BCUT2D eigenvalue weighted by molar-refractivity contribution is 0.512. The highest BCUT2D eigenvalue weighted by Crippen LogP contribution is 2.29. The number of aryl methyl sites for hydroxylation is 2. The largest absolute Gasteiger partial charge is 0.346 e. The summed E-state index contributed by atoms with van der Waals surface area (Å²) in [6.07, 6.45) is 7.64. The molecule has 1 N–H and O–H groups in total. The Morgan fingerprint density at radius 2 is 1.69 bits per heavy atom. The summed E-state index contributed by atoms with van der Waals surface area (Å²) in [6.45, 7) is 7.84. The van der Waals surface area contributed by atoms with Crippen LogP contribution in [0, 0.1) is 5.92 Å². The maximum Gasteiger partial charge on any atom is 0.346 e. The summed E-state index contributed by atoms with van der Waals surface area (Å²) >= 11 is 0. The molecule has 36 heavy (non-hydrogen) atoms. The third-order valence-corrected chi connectivity index (χ3v) is 6.55. The molecule has 0 fully saturated rings. The molecule has 0 spiro atoms. The SMILES string of the molecule is CCCCCCCn1nc(CCC(C)C)n(Cc2ccc(-c3ccccc3-c3nnn[nH]3)cc2)c1=O. The van der Waals surface area contributed by atoms with Crippen LogP contribution < -0.4 is 5.69 Å². The highest BCUT2D eigenvalue weighted by molar-refractivity contribution is 5.80. The normalized spacial score (nSPS) is 11.4. The molecular weight excluding hydrogens is 450 g/mol. The summed E-state index contributed by atoms with van der Waals surface area (Å²) in [6, 6.07) is 16.4. The fourth-order valence-corrected chi connectivity index (χ4v) is 4.45. The number of nitrogens with one attached hydrogen (secondary N) is 1. The van der Waals surface area contributed by atoms with E-state index in [1.165, 1.54) is 19.3 Å². The standard InChI is InChI=1S/C28H37N7O/c1-4-5-6-7-10-19-35-28(36)34(26(31-35)18-13-21(2)3)20-22-14-16-23(17-15-22)24-11-8-9-12-25(24)27-29-32-33-30-27/h8-9,11-12,14-17,21H,4-7,10,13,18-20H2,1-3H3,(H,29,30,32,33). The second-order valence-corrected chi connectivity index (χ2v) is 9.85. The van der Waals surface area contributed by atoms with Gasteiger partial charge in [0.15, 0.2) is 5.82 Å². The zero-order valence-electron chi connectivity index (χ0n) is 21.7. The summed E-state index contributed by atoms with van der Waals surface area (Å²) in [5.74, 6) is 2.08. The molecule has 0 atom stereocenters. The first-order valence-electron chi connectivity index (χ1n) is 13.2. The van der Waals surface area contributed by atoms with Crippen molar-refractivity contribution >= 4 is 0 Å². The number of tetrazole rings is 1. The number of unbranched alkanes of at least 4 members (excludes halogenated alkanes) is 4. The van der Waals surface area contributed by atoms with Gasteiger partial charge in [0.2, 0.25) is 0 Å². The van der Waals surface area contributed by atoms with Crippen LogP contribution in [0.25, 0.3) is 22.5 Å². The molecule has 0 bridgehead atoms. The number of H-pyrrole nitrogens is 1. The summed E-state index contributed by atoms with van der Waals surface area (Å²) in [7, 11) is 0. The van der Waals surface area contributed by atoms with Gasteiger partial charge in [-0.3, -0.25) is 4.57 Å². The van der Waals surface area contributed by atoms with E-state index in [-0.39, 0.29) is 5.69 Å². The van der Waals surface area contributed by atoms with Crippen LogP contribution >= 0.6 is 0 Å². The average molecular weight is 488 g/mol. The van der Waals surface area contributed by atoms with Gasteiger partial charge in [-0.15, -0.1) is 5.10 Å². The minimum atomic E-state index is -0.00325. The van der Waals surface area contributed by atoms with Crippen molar-refractivity contribution in [1.29, 1.82) is 0 Å². The molecule has 2 heterocycles. The predicted octanol–water partition coefficient (Wildman–Crippen LogP) is 5.50. The number of aromatic amines is 1. The number of benzene rings is 2. The molecule has 8 nitrogen and oxygen atoms in total. The van der Waals surface area contributed by atoms with Crippen LogP contribution in [0.3, 0.4) is 0 Å². The molecule has 0 unspecified atom stereocenters. The van der Waals surface area contributed by atoms with Gasteiger partial charge in [-0.2, -0.15) is 5.10 Å². The Bertz CT molecular complexity index is 1270. The summed E-state index contributed by atoms with van der Waals surface area (Å²) in [5.41, 5.74) is 4.14. The van der Waals surface area contributed by atoms with E-state index in [0.717, 1.165) is 53.8 Å². The number of rotatable bonds is 13. The molecule has 0 aliphatic heterocycles. The lowest BCUT2D eigenvalue weighted by Crippen LogP contribution is -2.26. The first kappa shape index (κ1) is 25.5. The van der Waals surface area contributed by atoms with Crippen LogP contribution in [0.5, 0.6) is 0 Å². The van der Waals surface area contributed by atoms with Crippen molar-refractivity contribution in [3.63, 3.8) is 0 Å². The van der Waals surface area contributed by atoms with Crippen LogP contribution in [0.15, 0.2) is 53.3 Å². The van der Waals surface area contributed by atoms with Crippen molar-refractivity contribution in [1.82, 2.24) is 35.0 Å². The molecule has 0 amide bonds. The molecule has 2 aromatic carbocycles. The second-order valence-electron chi connectivity index (χ2n) is 9.85. The first-order chi connectivity index (χ1) is 17.6. The highest BCUT2D eigenvalue weighted by atomic mass is 16.2. The van der Waals surface area contributed by atoms with Crippen LogP contribution in [0.1, 0.15) is 70.7 Å². The topological polar surface area (TPSA) is 94.3 Å². The van der Waals surface area contributed by atoms with E-state index in [1.807, 2.05) is 22.8 Å². The molecule has 2 aromatic heterocycles. The van der Waals surface area contributed by atoms with E-state index in [2.05, 4.69) is 71.7 Å².